The van der Waals surface area contributed by atoms with E-state index in [9.17, 15) is 9.18 Å². The second-order valence-corrected chi connectivity index (χ2v) is 6.23. The number of allylic oxidation sites excluding steroid dienone is 1. The van der Waals surface area contributed by atoms with E-state index in [1.807, 2.05) is 0 Å². The summed E-state index contributed by atoms with van der Waals surface area (Å²) < 4.78 is 23.8. The molecule has 1 aromatic carbocycles. The highest BCUT2D eigenvalue weighted by atomic mass is 35.5. The average molecular weight is 385 g/mol. The number of hydrogen-bond acceptors (Lipinski definition) is 7. The molecule has 142 valence electrons. The smallest absolute Gasteiger partial charge is 0.337 e. The molecular weight excluding hydrogens is 363 g/mol. The fourth-order valence-electron chi connectivity index (χ4n) is 2.74. The molecule has 1 aliphatic rings. The van der Waals surface area contributed by atoms with Gasteiger partial charge in [-0.1, -0.05) is 23.7 Å². The molecule has 0 aromatic heterocycles. The Morgan fingerprint density at radius 2 is 2.00 bits per heavy atom. The van der Waals surface area contributed by atoms with Crippen molar-refractivity contribution in [3.63, 3.8) is 0 Å². The summed E-state index contributed by atoms with van der Waals surface area (Å²) in [6, 6.07) is 6.71. The van der Waals surface area contributed by atoms with E-state index in [-0.39, 0.29) is 17.5 Å². The summed E-state index contributed by atoms with van der Waals surface area (Å²) in [6.45, 7) is -0.0613. The van der Waals surface area contributed by atoms with E-state index in [4.69, 9.17) is 33.5 Å². The van der Waals surface area contributed by atoms with Gasteiger partial charge in [0.05, 0.1) is 18.4 Å². The Morgan fingerprint density at radius 3 is 2.50 bits per heavy atom. The summed E-state index contributed by atoms with van der Waals surface area (Å²) in [7, 11) is 1.31. The van der Waals surface area contributed by atoms with Crippen molar-refractivity contribution in [2.24, 2.45) is 17.2 Å². The first kappa shape index (κ1) is 19.9. The normalized spacial score (nSPS) is 20.6. The Balaban J connectivity index is 2.28. The summed E-state index contributed by atoms with van der Waals surface area (Å²) in [5, 5.41) is 0.00988. The molecule has 9 heteroatoms. The second-order valence-electron chi connectivity index (χ2n) is 5.79. The van der Waals surface area contributed by atoms with Gasteiger partial charge in [-0.05, 0) is 23.8 Å². The maximum absolute atomic E-state index is 13.3. The molecule has 1 aliphatic heterocycles. The van der Waals surface area contributed by atoms with Crippen molar-refractivity contribution in [2.45, 2.75) is 12.2 Å². The zero-order chi connectivity index (χ0) is 19.3. The van der Waals surface area contributed by atoms with E-state index in [1.165, 1.54) is 13.2 Å². The molecule has 1 heterocycles. The van der Waals surface area contributed by atoms with Crippen LogP contribution < -0.4 is 17.2 Å². The maximum Gasteiger partial charge on any atom is 0.337 e. The van der Waals surface area contributed by atoms with Crippen LogP contribution in [0.4, 0.5) is 4.39 Å². The Kier molecular flexibility index (Phi) is 6.70. The lowest BCUT2D eigenvalue weighted by atomic mass is 10.0. The molecule has 1 fully saturated rings. The van der Waals surface area contributed by atoms with Gasteiger partial charge in [-0.2, -0.15) is 0 Å². The van der Waals surface area contributed by atoms with Gasteiger partial charge in [0, 0.05) is 13.1 Å². The Labute approximate surface area is 156 Å². The standard InChI is InChI=1S/C17H22ClFN4O3/c1-25-17(24)11-4-2-10(3-5-11)14-9-23(8-12(7-19)26-14)13(16(21)22)6-15(18)20/h2-6,12,14H,7-9,20-22H2,1H3/b15-6-. The Hall–Kier alpha value is -2.45. The van der Waals surface area contributed by atoms with E-state index < -0.39 is 24.9 Å². The number of hydrogen-bond donors (Lipinski definition) is 3. The number of esters is 1. The van der Waals surface area contributed by atoms with Crippen LogP contribution in [0, 0.1) is 0 Å². The molecule has 0 aliphatic carbocycles. The van der Waals surface area contributed by atoms with E-state index in [1.54, 1.807) is 29.2 Å². The molecule has 0 saturated carbocycles. The third-order valence-corrected chi connectivity index (χ3v) is 4.06. The molecule has 2 unspecified atom stereocenters. The number of alkyl halides is 1. The van der Waals surface area contributed by atoms with Gasteiger partial charge in [0.2, 0.25) is 0 Å². The molecule has 0 spiro atoms. The van der Waals surface area contributed by atoms with Gasteiger partial charge in [-0.25, -0.2) is 9.18 Å². The minimum Gasteiger partial charge on any atom is -0.465 e. The van der Waals surface area contributed by atoms with Gasteiger partial charge in [0.15, 0.2) is 0 Å². The summed E-state index contributed by atoms with van der Waals surface area (Å²) in [5.74, 6) is -0.416. The van der Waals surface area contributed by atoms with Gasteiger partial charge in [0.1, 0.15) is 29.9 Å². The highest BCUT2D eigenvalue weighted by Gasteiger charge is 2.30. The number of rotatable bonds is 5. The van der Waals surface area contributed by atoms with Crippen LogP contribution in [0.25, 0.3) is 0 Å². The molecule has 1 saturated heterocycles. The van der Waals surface area contributed by atoms with Crippen LogP contribution in [-0.2, 0) is 9.47 Å². The molecule has 6 N–H and O–H groups in total. The average Bonchev–Trinajstić information content (AvgIpc) is 2.64. The third-order valence-electron chi connectivity index (χ3n) is 3.95. The molecule has 0 bridgehead atoms. The predicted molar refractivity (Wildman–Crippen MR) is 96.5 cm³/mol. The van der Waals surface area contributed by atoms with E-state index in [2.05, 4.69) is 4.74 Å². The number of ether oxygens (including phenoxy) is 2. The van der Waals surface area contributed by atoms with Crippen LogP contribution in [0.1, 0.15) is 22.0 Å². The minimum absolute atomic E-state index is 0.00988. The Morgan fingerprint density at radius 1 is 1.35 bits per heavy atom. The monoisotopic (exact) mass is 384 g/mol. The van der Waals surface area contributed by atoms with E-state index in [0.717, 1.165) is 5.56 Å². The fraction of sp³-hybridized carbons (Fsp3) is 0.353. The number of benzene rings is 1. The lowest BCUT2D eigenvalue weighted by Gasteiger charge is -2.39. The number of nitrogens with two attached hydrogens (primary N) is 3. The fourth-order valence-corrected chi connectivity index (χ4v) is 2.85. The first-order chi connectivity index (χ1) is 12.3. The summed E-state index contributed by atoms with van der Waals surface area (Å²) in [6.07, 6.45) is 0.304. The lowest BCUT2D eigenvalue weighted by molar-refractivity contribution is -0.0851. The molecule has 26 heavy (non-hydrogen) atoms. The molecule has 1 aromatic rings. The van der Waals surface area contributed by atoms with Gasteiger partial charge in [0.25, 0.3) is 0 Å². The van der Waals surface area contributed by atoms with Gasteiger partial charge < -0.3 is 31.6 Å². The van der Waals surface area contributed by atoms with E-state index in [0.29, 0.717) is 17.8 Å². The van der Waals surface area contributed by atoms with Gasteiger partial charge in [-0.15, -0.1) is 0 Å². The van der Waals surface area contributed by atoms with Crippen LogP contribution in [0.15, 0.2) is 47.0 Å². The first-order valence-corrected chi connectivity index (χ1v) is 8.26. The number of carbonyl (C=O) groups excluding carboxylic acids is 1. The van der Waals surface area contributed by atoms with Crippen molar-refractivity contribution in [2.75, 3.05) is 26.9 Å². The zero-order valence-corrected chi connectivity index (χ0v) is 15.1. The topological polar surface area (TPSA) is 117 Å². The molecule has 2 atom stereocenters. The largest absolute Gasteiger partial charge is 0.465 e. The van der Waals surface area contributed by atoms with Crippen molar-refractivity contribution in [3.8, 4) is 0 Å². The van der Waals surface area contributed by atoms with Gasteiger partial charge >= 0.3 is 5.97 Å². The first-order valence-electron chi connectivity index (χ1n) is 7.88. The highest BCUT2D eigenvalue weighted by molar-refractivity contribution is 6.29. The van der Waals surface area contributed by atoms with Crippen molar-refractivity contribution < 1.29 is 18.7 Å². The summed E-state index contributed by atoms with van der Waals surface area (Å²) >= 11 is 5.74. The number of halogens is 2. The lowest BCUT2D eigenvalue weighted by Crippen LogP contribution is -2.45. The third kappa shape index (κ3) is 4.80. The summed E-state index contributed by atoms with van der Waals surface area (Å²) in [4.78, 5) is 13.3. The highest BCUT2D eigenvalue weighted by Crippen LogP contribution is 2.29. The van der Waals surface area contributed by atoms with Crippen molar-refractivity contribution in [3.05, 3.63) is 58.1 Å². The molecular formula is C17H22ClFN4O3. The number of carbonyl (C=O) groups is 1. The molecule has 0 amide bonds. The van der Waals surface area contributed by atoms with Crippen LogP contribution in [0.5, 0.6) is 0 Å². The number of nitrogens with zero attached hydrogens (tertiary/aromatic N) is 1. The van der Waals surface area contributed by atoms with Crippen molar-refractivity contribution in [1.29, 1.82) is 0 Å². The number of morpholine rings is 1. The number of methoxy groups -OCH3 is 1. The summed E-state index contributed by atoms with van der Waals surface area (Å²) in [5.41, 5.74) is 18.6. The van der Waals surface area contributed by atoms with Crippen molar-refractivity contribution >= 4 is 17.6 Å². The molecule has 2 rings (SSSR count). The predicted octanol–water partition coefficient (Wildman–Crippen LogP) is 1.31. The van der Waals surface area contributed by atoms with Gasteiger partial charge in [-0.3, -0.25) is 0 Å². The quantitative estimate of drug-likeness (QED) is 0.398. The zero-order valence-electron chi connectivity index (χ0n) is 14.3. The van der Waals surface area contributed by atoms with Crippen LogP contribution in [0.2, 0.25) is 0 Å². The van der Waals surface area contributed by atoms with Crippen LogP contribution in [0.3, 0.4) is 0 Å². The van der Waals surface area contributed by atoms with Crippen LogP contribution in [-0.4, -0.2) is 43.8 Å². The van der Waals surface area contributed by atoms with Crippen LogP contribution >= 0.6 is 11.6 Å². The SMILES string of the molecule is COC(=O)c1ccc(C2CN(C(/C=C(\N)Cl)=C(N)N)CC(CF)O2)cc1. The second kappa shape index (κ2) is 8.77. The van der Waals surface area contributed by atoms with E-state index >= 15 is 0 Å². The minimum atomic E-state index is -0.676. The maximum atomic E-state index is 13.3. The molecule has 7 nitrogen and oxygen atoms in total. The Bertz CT molecular complexity index is 700. The van der Waals surface area contributed by atoms with Crippen molar-refractivity contribution in [1.82, 2.24) is 4.90 Å². The molecule has 0 radical (unpaired) electrons.